The van der Waals surface area contributed by atoms with Crippen LogP contribution in [0.2, 0.25) is 0 Å². The first-order valence-corrected chi connectivity index (χ1v) is 4.86. The van der Waals surface area contributed by atoms with E-state index in [-0.39, 0.29) is 0 Å². The van der Waals surface area contributed by atoms with Gasteiger partial charge in [0.15, 0.2) is 0 Å². The Morgan fingerprint density at radius 2 is 1.88 bits per heavy atom. The molecule has 1 aromatic carbocycles. The molecule has 88 valence electrons. The van der Waals surface area contributed by atoms with E-state index in [2.05, 4.69) is 0 Å². The molecule has 1 N–H and O–H groups in total. The minimum atomic E-state index is -1.44. The molecular weight excluding hydrogens is 222 g/mol. The second kappa shape index (κ2) is 6.22. The molecule has 0 saturated heterocycles. The van der Waals surface area contributed by atoms with E-state index in [1.165, 1.54) is 6.08 Å². The molecule has 0 atom stereocenters. The molecule has 0 aliphatic rings. The molecule has 1 aromatic rings. The van der Waals surface area contributed by atoms with Gasteiger partial charge in [0.25, 0.3) is 5.91 Å². The molecule has 0 saturated carbocycles. The third-order valence-corrected chi connectivity index (χ3v) is 1.97. The quantitative estimate of drug-likeness (QED) is 0.630. The number of benzene rings is 1. The van der Waals surface area contributed by atoms with Gasteiger partial charge in [0.2, 0.25) is 0 Å². The monoisotopic (exact) mass is 233 g/mol. The van der Waals surface area contributed by atoms with E-state index >= 15 is 0 Å². The smallest absolute Gasteiger partial charge is 0.414 e. The van der Waals surface area contributed by atoms with Gasteiger partial charge >= 0.3 is 6.09 Å². The summed E-state index contributed by atoms with van der Waals surface area (Å²) < 4.78 is 0. The van der Waals surface area contributed by atoms with E-state index in [0.717, 1.165) is 11.6 Å². The van der Waals surface area contributed by atoms with Crippen LogP contribution in [0, 0.1) is 0 Å². The van der Waals surface area contributed by atoms with E-state index in [0.29, 0.717) is 11.2 Å². The van der Waals surface area contributed by atoms with Crippen LogP contribution in [0.1, 0.15) is 5.56 Å². The summed E-state index contributed by atoms with van der Waals surface area (Å²) in [6.07, 6.45) is 1.53. The molecular formula is C12H11NO4. The molecule has 0 aliphatic carbocycles. The van der Waals surface area contributed by atoms with Gasteiger partial charge in [-0.2, -0.15) is 0 Å². The second-order valence-corrected chi connectivity index (χ2v) is 3.14. The summed E-state index contributed by atoms with van der Waals surface area (Å²) in [6, 6.07) is 8.97. The first kappa shape index (κ1) is 12.6. The van der Waals surface area contributed by atoms with E-state index in [1.54, 1.807) is 24.3 Å². The molecule has 0 fully saturated rings. The zero-order valence-corrected chi connectivity index (χ0v) is 8.95. The van der Waals surface area contributed by atoms with Crippen molar-refractivity contribution < 1.29 is 19.5 Å². The molecule has 0 spiro atoms. The predicted molar refractivity (Wildman–Crippen MR) is 61.3 cm³/mol. The Labute approximate surface area is 98.0 Å². The molecule has 17 heavy (non-hydrogen) atoms. The first-order valence-electron chi connectivity index (χ1n) is 4.86. The SMILES string of the molecule is O=CCN(C(=O)O)C(=O)C=Cc1ccccc1. The molecule has 0 aliphatic heterocycles. The highest BCUT2D eigenvalue weighted by molar-refractivity contribution is 6.01. The summed E-state index contributed by atoms with van der Waals surface area (Å²) in [4.78, 5) is 32.8. The lowest BCUT2D eigenvalue weighted by Gasteiger charge is -2.10. The molecule has 2 amide bonds. The second-order valence-electron chi connectivity index (χ2n) is 3.14. The molecule has 5 heteroatoms. The molecule has 0 bridgehead atoms. The normalized spacial score (nSPS) is 10.1. The fraction of sp³-hybridized carbons (Fsp3) is 0.0833. The number of imide groups is 1. The number of amides is 2. The molecule has 0 heterocycles. The van der Waals surface area contributed by atoms with Crippen molar-refractivity contribution in [1.82, 2.24) is 4.90 Å². The highest BCUT2D eigenvalue weighted by atomic mass is 16.4. The van der Waals surface area contributed by atoms with Crippen molar-refractivity contribution in [2.24, 2.45) is 0 Å². The predicted octanol–water partition coefficient (Wildman–Crippen LogP) is 1.41. The minimum Gasteiger partial charge on any atom is -0.465 e. The average Bonchev–Trinajstić information content (AvgIpc) is 2.34. The number of hydrogen-bond acceptors (Lipinski definition) is 3. The number of hydrogen-bond donors (Lipinski definition) is 1. The molecule has 1 rings (SSSR count). The Morgan fingerprint density at radius 1 is 1.24 bits per heavy atom. The number of nitrogens with zero attached hydrogens (tertiary/aromatic N) is 1. The molecule has 5 nitrogen and oxygen atoms in total. The van der Waals surface area contributed by atoms with Crippen LogP contribution in [0.3, 0.4) is 0 Å². The maximum atomic E-state index is 11.4. The van der Waals surface area contributed by atoms with Gasteiger partial charge in [-0.25, -0.2) is 9.69 Å². The summed E-state index contributed by atoms with van der Waals surface area (Å²) in [7, 11) is 0. The lowest BCUT2D eigenvalue weighted by atomic mass is 10.2. The summed E-state index contributed by atoms with van der Waals surface area (Å²) in [6.45, 7) is -0.465. The lowest BCUT2D eigenvalue weighted by Crippen LogP contribution is -2.35. The van der Waals surface area contributed by atoms with Gasteiger partial charge < -0.3 is 9.90 Å². The summed E-state index contributed by atoms with van der Waals surface area (Å²) in [5, 5.41) is 8.68. The van der Waals surface area contributed by atoms with Crippen LogP contribution in [-0.4, -0.2) is 34.8 Å². The number of rotatable bonds is 4. The third kappa shape index (κ3) is 3.90. The zero-order chi connectivity index (χ0) is 12.7. The average molecular weight is 233 g/mol. The van der Waals surface area contributed by atoms with Crippen molar-refractivity contribution >= 4 is 24.4 Å². The standard InChI is InChI=1S/C12H11NO4/c14-9-8-13(12(16)17)11(15)7-6-10-4-2-1-3-5-10/h1-7,9H,8H2,(H,16,17). The lowest BCUT2D eigenvalue weighted by molar-refractivity contribution is -0.126. The fourth-order valence-corrected chi connectivity index (χ4v) is 1.16. The zero-order valence-electron chi connectivity index (χ0n) is 8.95. The Morgan fingerprint density at radius 3 is 2.41 bits per heavy atom. The maximum Gasteiger partial charge on any atom is 0.414 e. The van der Waals surface area contributed by atoms with E-state index < -0.39 is 18.5 Å². The Balaban J connectivity index is 2.73. The Bertz CT molecular complexity index is 439. The van der Waals surface area contributed by atoms with Crippen LogP contribution in [0.4, 0.5) is 4.79 Å². The highest BCUT2D eigenvalue weighted by Gasteiger charge is 2.16. The van der Waals surface area contributed by atoms with Crippen LogP contribution in [-0.2, 0) is 9.59 Å². The van der Waals surface area contributed by atoms with Crippen LogP contribution >= 0.6 is 0 Å². The van der Waals surface area contributed by atoms with Gasteiger partial charge in [-0.15, -0.1) is 0 Å². The number of carbonyl (C=O) groups excluding carboxylic acids is 2. The van der Waals surface area contributed by atoms with Crippen molar-refractivity contribution in [3.05, 3.63) is 42.0 Å². The minimum absolute atomic E-state index is 0.363. The number of carboxylic acid groups (broad SMARTS) is 1. The van der Waals surface area contributed by atoms with Crippen molar-refractivity contribution in [3.63, 3.8) is 0 Å². The molecule has 0 aromatic heterocycles. The first-order chi connectivity index (χ1) is 8.15. The van der Waals surface area contributed by atoms with Crippen LogP contribution in [0.15, 0.2) is 36.4 Å². The van der Waals surface area contributed by atoms with Crippen LogP contribution in [0.25, 0.3) is 6.08 Å². The van der Waals surface area contributed by atoms with Gasteiger partial charge in [-0.1, -0.05) is 30.3 Å². The van der Waals surface area contributed by atoms with E-state index in [1.807, 2.05) is 6.07 Å². The number of aldehydes is 1. The Kier molecular flexibility index (Phi) is 4.62. The van der Waals surface area contributed by atoms with Crippen molar-refractivity contribution in [2.75, 3.05) is 6.54 Å². The summed E-state index contributed by atoms with van der Waals surface area (Å²) in [5.41, 5.74) is 0.775. The largest absolute Gasteiger partial charge is 0.465 e. The molecule has 0 unspecified atom stereocenters. The Hall–Kier alpha value is -2.43. The topological polar surface area (TPSA) is 74.7 Å². The fourth-order valence-electron chi connectivity index (χ4n) is 1.16. The van der Waals surface area contributed by atoms with Crippen LogP contribution in [0.5, 0.6) is 0 Å². The highest BCUT2D eigenvalue weighted by Crippen LogP contribution is 2.02. The number of carbonyl (C=O) groups is 3. The van der Waals surface area contributed by atoms with Gasteiger partial charge in [0.1, 0.15) is 6.29 Å². The van der Waals surface area contributed by atoms with Gasteiger partial charge in [0.05, 0.1) is 6.54 Å². The van der Waals surface area contributed by atoms with Crippen molar-refractivity contribution in [1.29, 1.82) is 0 Å². The van der Waals surface area contributed by atoms with E-state index in [9.17, 15) is 14.4 Å². The third-order valence-electron chi connectivity index (χ3n) is 1.97. The van der Waals surface area contributed by atoms with Crippen molar-refractivity contribution in [3.8, 4) is 0 Å². The summed E-state index contributed by atoms with van der Waals surface area (Å²) in [5.74, 6) is -0.742. The summed E-state index contributed by atoms with van der Waals surface area (Å²) >= 11 is 0. The van der Waals surface area contributed by atoms with E-state index in [4.69, 9.17) is 5.11 Å². The maximum absolute atomic E-state index is 11.4. The van der Waals surface area contributed by atoms with Gasteiger partial charge in [-0.3, -0.25) is 4.79 Å². The van der Waals surface area contributed by atoms with Crippen molar-refractivity contribution in [2.45, 2.75) is 0 Å². The van der Waals surface area contributed by atoms with Crippen LogP contribution < -0.4 is 0 Å². The molecule has 0 radical (unpaired) electrons. The van der Waals surface area contributed by atoms with Gasteiger partial charge in [-0.05, 0) is 11.6 Å². The van der Waals surface area contributed by atoms with Gasteiger partial charge in [0, 0.05) is 6.08 Å².